The molecule has 0 saturated heterocycles. The molecule has 0 atom stereocenters. The SMILES string of the molecule is COCCN(CC(C)C)CC1(CBr)CCCC1. The maximum absolute atomic E-state index is 5.23. The van der Waals surface area contributed by atoms with Crippen LogP contribution >= 0.6 is 15.9 Å². The normalized spacial score (nSPS) is 19.4. The standard InChI is InChI=1S/C14H28BrNO/c1-13(2)10-16(8-9-17-3)12-14(11-15)6-4-5-7-14/h13H,4-12H2,1-3H3. The van der Waals surface area contributed by atoms with E-state index in [9.17, 15) is 0 Å². The lowest BCUT2D eigenvalue weighted by Gasteiger charge is -2.35. The van der Waals surface area contributed by atoms with Gasteiger partial charge in [-0.25, -0.2) is 0 Å². The molecular formula is C14H28BrNO. The molecule has 0 aromatic heterocycles. The van der Waals surface area contributed by atoms with Gasteiger partial charge < -0.3 is 9.64 Å². The van der Waals surface area contributed by atoms with Crippen molar-refractivity contribution in [3.05, 3.63) is 0 Å². The fourth-order valence-electron chi connectivity index (χ4n) is 2.91. The molecule has 0 unspecified atom stereocenters. The molecular weight excluding hydrogens is 278 g/mol. The molecule has 0 amide bonds. The van der Waals surface area contributed by atoms with Crippen molar-refractivity contribution in [2.75, 3.05) is 38.7 Å². The van der Waals surface area contributed by atoms with Gasteiger partial charge in [0.15, 0.2) is 0 Å². The summed E-state index contributed by atoms with van der Waals surface area (Å²) in [5, 5.41) is 1.15. The number of ether oxygens (including phenoxy) is 1. The van der Waals surface area contributed by atoms with Gasteiger partial charge in [0, 0.05) is 32.1 Å². The van der Waals surface area contributed by atoms with E-state index in [-0.39, 0.29) is 0 Å². The molecule has 0 spiro atoms. The lowest BCUT2D eigenvalue weighted by molar-refractivity contribution is 0.107. The van der Waals surface area contributed by atoms with E-state index in [1.165, 1.54) is 38.8 Å². The number of nitrogens with zero attached hydrogens (tertiary/aromatic N) is 1. The van der Waals surface area contributed by atoms with Crippen LogP contribution in [0.25, 0.3) is 0 Å². The third kappa shape index (κ3) is 5.27. The highest BCUT2D eigenvalue weighted by Crippen LogP contribution is 2.40. The van der Waals surface area contributed by atoms with Crippen LogP contribution in [0.15, 0.2) is 0 Å². The quantitative estimate of drug-likeness (QED) is 0.636. The first kappa shape index (κ1) is 15.5. The highest BCUT2D eigenvalue weighted by atomic mass is 79.9. The van der Waals surface area contributed by atoms with Crippen molar-refractivity contribution in [1.29, 1.82) is 0 Å². The number of halogens is 1. The number of rotatable bonds is 8. The predicted octanol–water partition coefficient (Wildman–Crippen LogP) is 3.55. The van der Waals surface area contributed by atoms with E-state index in [1.54, 1.807) is 7.11 Å². The lowest BCUT2D eigenvalue weighted by Crippen LogP contribution is -2.40. The van der Waals surface area contributed by atoms with Crippen molar-refractivity contribution in [2.24, 2.45) is 11.3 Å². The molecule has 0 aliphatic heterocycles. The summed E-state index contributed by atoms with van der Waals surface area (Å²) in [7, 11) is 1.80. The Bertz CT molecular complexity index is 202. The summed E-state index contributed by atoms with van der Waals surface area (Å²) in [6.07, 6.45) is 5.59. The van der Waals surface area contributed by atoms with Crippen LogP contribution in [-0.4, -0.2) is 43.6 Å². The van der Waals surface area contributed by atoms with E-state index < -0.39 is 0 Å². The van der Waals surface area contributed by atoms with Crippen molar-refractivity contribution >= 4 is 15.9 Å². The summed E-state index contributed by atoms with van der Waals surface area (Å²) in [6.45, 7) is 8.96. The lowest BCUT2D eigenvalue weighted by atomic mass is 9.88. The highest BCUT2D eigenvalue weighted by Gasteiger charge is 2.34. The zero-order chi connectivity index (χ0) is 12.7. The molecule has 1 rings (SSSR count). The van der Waals surface area contributed by atoms with Gasteiger partial charge in [-0.3, -0.25) is 0 Å². The Labute approximate surface area is 115 Å². The summed E-state index contributed by atoms with van der Waals surface area (Å²) >= 11 is 3.74. The van der Waals surface area contributed by atoms with Crippen molar-refractivity contribution in [3.8, 4) is 0 Å². The summed E-state index contributed by atoms with van der Waals surface area (Å²) < 4.78 is 5.23. The van der Waals surface area contributed by atoms with E-state index in [1.807, 2.05) is 0 Å². The molecule has 0 aromatic carbocycles. The van der Waals surface area contributed by atoms with Crippen LogP contribution in [0.1, 0.15) is 39.5 Å². The first-order valence-electron chi connectivity index (χ1n) is 6.89. The van der Waals surface area contributed by atoms with Crippen LogP contribution in [0.2, 0.25) is 0 Å². The summed E-state index contributed by atoms with van der Waals surface area (Å²) in [6, 6.07) is 0. The van der Waals surface area contributed by atoms with Gasteiger partial charge in [0.2, 0.25) is 0 Å². The Kier molecular flexibility index (Phi) is 7.05. The van der Waals surface area contributed by atoms with Gasteiger partial charge in [-0.1, -0.05) is 42.6 Å². The molecule has 1 aliphatic carbocycles. The molecule has 3 heteroatoms. The van der Waals surface area contributed by atoms with Gasteiger partial charge in [0.1, 0.15) is 0 Å². The van der Waals surface area contributed by atoms with Crippen molar-refractivity contribution in [1.82, 2.24) is 4.90 Å². The Morgan fingerprint density at radius 1 is 1.29 bits per heavy atom. The number of hydrogen-bond acceptors (Lipinski definition) is 2. The molecule has 0 heterocycles. The molecule has 102 valence electrons. The first-order chi connectivity index (χ1) is 8.12. The number of methoxy groups -OCH3 is 1. The second-order valence-electron chi connectivity index (χ2n) is 5.96. The van der Waals surface area contributed by atoms with E-state index in [0.717, 1.165) is 24.4 Å². The average molecular weight is 306 g/mol. The summed E-state index contributed by atoms with van der Waals surface area (Å²) in [5.74, 6) is 0.737. The minimum Gasteiger partial charge on any atom is -0.383 e. The van der Waals surface area contributed by atoms with Crippen LogP contribution in [0.3, 0.4) is 0 Å². The Hall–Kier alpha value is 0.400. The third-order valence-corrected chi connectivity index (χ3v) is 4.93. The smallest absolute Gasteiger partial charge is 0.0589 e. The van der Waals surface area contributed by atoms with Gasteiger partial charge in [-0.2, -0.15) is 0 Å². The molecule has 1 fully saturated rings. The minimum absolute atomic E-state index is 0.530. The molecule has 17 heavy (non-hydrogen) atoms. The van der Waals surface area contributed by atoms with Crippen molar-refractivity contribution in [2.45, 2.75) is 39.5 Å². The third-order valence-electron chi connectivity index (χ3n) is 3.74. The highest BCUT2D eigenvalue weighted by molar-refractivity contribution is 9.09. The van der Waals surface area contributed by atoms with E-state index in [0.29, 0.717) is 5.41 Å². The number of hydrogen-bond donors (Lipinski definition) is 0. The van der Waals surface area contributed by atoms with Gasteiger partial charge in [0.25, 0.3) is 0 Å². The molecule has 0 aromatic rings. The summed E-state index contributed by atoms with van der Waals surface area (Å²) in [4.78, 5) is 2.60. The molecule has 1 saturated carbocycles. The Morgan fingerprint density at radius 2 is 1.94 bits per heavy atom. The molecule has 2 nitrogen and oxygen atoms in total. The van der Waals surface area contributed by atoms with Gasteiger partial charge in [-0.15, -0.1) is 0 Å². The van der Waals surface area contributed by atoms with Crippen LogP contribution in [-0.2, 0) is 4.74 Å². The minimum atomic E-state index is 0.530. The van der Waals surface area contributed by atoms with E-state index in [2.05, 4.69) is 34.7 Å². The Balaban J connectivity index is 2.50. The maximum Gasteiger partial charge on any atom is 0.0589 e. The molecule has 1 aliphatic rings. The predicted molar refractivity (Wildman–Crippen MR) is 77.8 cm³/mol. The largest absolute Gasteiger partial charge is 0.383 e. The molecule has 0 bridgehead atoms. The summed E-state index contributed by atoms with van der Waals surface area (Å²) in [5.41, 5.74) is 0.530. The van der Waals surface area contributed by atoms with Crippen LogP contribution < -0.4 is 0 Å². The molecule has 0 N–H and O–H groups in total. The average Bonchev–Trinajstić information content (AvgIpc) is 2.74. The van der Waals surface area contributed by atoms with Crippen molar-refractivity contribution < 1.29 is 4.74 Å². The number of alkyl halides is 1. The van der Waals surface area contributed by atoms with Gasteiger partial charge in [-0.05, 0) is 24.2 Å². The van der Waals surface area contributed by atoms with E-state index >= 15 is 0 Å². The Morgan fingerprint density at radius 3 is 2.41 bits per heavy atom. The van der Waals surface area contributed by atoms with Crippen LogP contribution in [0.4, 0.5) is 0 Å². The topological polar surface area (TPSA) is 12.5 Å². The zero-order valence-corrected chi connectivity index (χ0v) is 13.3. The fraction of sp³-hybridized carbons (Fsp3) is 1.00. The fourth-order valence-corrected chi connectivity index (χ4v) is 3.64. The van der Waals surface area contributed by atoms with Gasteiger partial charge in [0.05, 0.1) is 6.61 Å². The zero-order valence-electron chi connectivity index (χ0n) is 11.7. The van der Waals surface area contributed by atoms with Gasteiger partial charge >= 0.3 is 0 Å². The second-order valence-corrected chi connectivity index (χ2v) is 6.52. The van der Waals surface area contributed by atoms with E-state index in [4.69, 9.17) is 4.74 Å². The van der Waals surface area contributed by atoms with Crippen LogP contribution in [0, 0.1) is 11.3 Å². The monoisotopic (exact) mass is 305 g/mol. The first-order valence-corrected chi connectivity index (χ1v) is 8.01. The van der Waals surface area contributed by atoms with Crippen LogP contribution in [0.5, 0.6) is 0 Å². The maximum atomic E-state index is 5.23. The molecule has 0 radical (unpaired) electrons. The van der Waals surface area contributed by atoms with Crippen molar-refractivity contribution in [3.63, 3.8) is 0 Å². The second kappa shape index (κ2) is 7.75.